The fourth-order valence-electron chi connectivity index (χ4n) is 2.38. The lowest BCUT2D eigenvalue weighted by molar-refractivity contribution is 0.100. The molecule has 3 N–H and O–H groups in total. The Morgan fingerprint density at radius 2 is 1.65 bits per heavy atom. The van der Waals surface area contributed by atoms with Crippen molar-refractivity contribution in [2.45, 2.75) is 13.1 Å². The molecule has 0 bridgehead atoms. The number of rotatable bonds is 6. The number of amides is 3. The normalized spacial score (nSPS) is 10.5. The summed E-state index contributed by atoms with van der Waals surface area (Å²) in [6.07, 6.45) is 0. The lowest BCUT2D eigenvalue weighted by atomic mass is 10.2. The van der Waals surface area contributed by atoms with Crippen molar-refractivity contribution in [3.05, 3.63) is 73.6 Å². The summed E-state index contributed by atoms with van der Waals surface area (Å²) in [6, 6.07) is 12.3. The summed E-state index contributed by atoms with van der Waals surface area (Å²) in [5.41, 5.74) is 5.98. The van der Waals surface area contributed by atoms with Gasteiger partial charge in [-0.2, -0.15) is 0 Å². The topological polar surface area (TPSA) is 75.4 Å². The van der Waals surface area contributed by atoms with Gasteiger partial charge in [0, 0.05) is 15.4 Å². The van der Waals surface area contributed by atoms with Gasteiger partial charge in [-0.3, -0.25) is 4.79 Å². The van der Waals surface area contributed by atoms with E-state index in [9.17, 15) is 9.59 Å². The highest BCUT2D eigenvalue weighted by Gasteiger charge is 2.17. The van der Waals surface area contributed by atoms with Gasteiger partial charge in [-0.1, -0.05) is 23.7 Å². The van der Waals surface area contributed by atoms with Gasteiger partial charge in [0.25, 0.3) is 0 Å². The van der Waals surface area contributed by atoms with Crippen molar-refractivity contribution in [1.82, 2.24) is 4.90 Å². The van der Waals surface area contributed by atoms with Crippen LogP contribution in [0.2, 0.25) is 5.02 Å². The van der Waals surface area contributed by atoms with Crippen molar-refractivity contribution in [2.75, 3.05) is 5.32 Å². The maximum atomic E-state index is 12.8. The maximum absolute atomic E-state index is 12.8. The molecule has 3 aromatic rings. The molecule has 1 aromatic carbocycles. The number of nitrogens with two attached hydrogens (primary N) is 1. The number of benzene rings is 1. The lowest BCUT2D eigenvalue weighted by Gasteiger charge is -2.22. The highest BCUT2D eigenvalue weighted by molar-refractivity contribution is 7.10. The Bertz CT molecular complexity index is 859. The van der Waals surface area contributed by atoms with Crippen molar-refractivity contribution in [1.29, 1.82) is 0 Å². The second kappa shape index (κ2) is 8.35. The summed E-state index contributed by atoms with van der Waals surface area (Å²) in [6.45, 7) is 1.02. The number of nitrogens with one attached hydrogen (secondary N) is 1. The van der Waals surface area contributed by atoms with Crippen LogP contribution in [0.5, 0.6) is 0 Å². The SMILES string of the molecule is NC(=O)c1ccc(NC(=O)N(Cc2cccs2)Cc2cccs2)cc1Cl. The Morgan fingerprint density at radius 3 is 2.12 bits per heavy atom. The van der Waals surface area contributed by atoms with E-state index < -0.39 is 5.91 Å². The van der Waals surface area contributed by atoms with E-state index in [0.717, 1.165) is 9.75 Å². The fraction of sp³-hybridized carbons (Fsp3) is 0.111. The zero-order valence-electron chi connectivity index (χ0n) is 13.6. The Hall–Kier alpha value is -2.35. The maximum Gasteiger partial charge on any atom is 0.322 e. The highest BCUT2D eigenvalue weighted by atomic mass is 35.5. The first kappa shape index (κ1) is 18.4. The van der Waals surface area contributed by atoms with Crippen LogP contribution in [0.4, 0.5) is 10.5 Å². The second-order valence-corrected chi connectivity index (χ2v) is 7.98. The molecule has 0 saturated carbocycles. The third-order valence-corrected chi connectivity index (χ3v) is 5.66. The quantitative estimate of drug-likeness (QED) is 0.618. The van der Waals surface area contributed by atoms with E-state index in [2.05, 4.69) is 5.32 Å². The molecule has 5 nitrogen and oxygen atoms in total. The van der Waals surface area contributed by atoms with Crippen LogP contribution in [0.3, 0.4) is 0 Å². The molecule has 3 amide bonds. The summed E-state index contributed by atoms with van der Waals surface area (Å²) in [5.74, 6) is -0.607. The van der Waals surface area contributed by atoms with Gasteiger partial charge in [-0.05, 0) is 41.1 Å². The van der Waals surface area contributed by atoms with Crippen molar-refractivity contribution in [3.8, 4) is 0 Å². The van der Waals surface area contributed by atoms with Crippen LogP contribution in [0, 0.1) is 0 Å². The Balaban J connectivity index is 1.76. The number of halogens is 1. The van der Waals surface area contributed by atoms with E-state index in [-0.39, 0.29) is 16.6 Å². The highest BCUT2D eigenvalue weighted by Crippen LogP contribution is 2.22. The van der Waals surface area contributed by atoms with Crippen LogP contribution in [0.25, 0.3) is 0 Å². The molecule has 0 spiro atoms. The number of urea groups is 1. The van der Waals surface area contributed by atoms with E-state index in [1.54, 1.807) is 33.6 Å². The van der Waals surface area contributed by atoms with Crippen LogP contribution in [0.15, 0.2) is 53.2 Å². The molecular weight excluding hydrogens is 390 g/mol. The molecule has 2 aromatic heterocycles. The third-order valence-electron chi connectivity index (χ3n) is 3.63. The number of hydrogen-bond donors (Lipinski definition) is 2. The summed E-state index contributed by atoms with van der Waals surface area (Å²) in [7, 11) is 0. The molecular formula is C18H16ClN3O2S2. The minimum Gasteiger partial charge on any atom is -0.366 e. The monoisotopic (exact) mass is 405 g/mol. The van der Waals surface area contributed by atoms with Crippen molar-refractivity contribution in [2.24, 2.45) is 5.73 Å². The summed E-state index contributed by atoms with van der Waals surface area (Å²) in [5, 5.41) is 7.01. The lowest BCUT2D eigenvalue weighted by Crippen LogP contribution is -2.33. The average molecular weight is 406 g/mol. The molecule has 8 heteroatoms. The van der Waals surface area contributed by atoms with E-state index >= 15 is 0 Å². The average Bonchev–Trinajstić information content (AvgIpc) is 3.27. The number of carbonyl (C=O) groups is 2. The molecule has 26 heavy (non-hydrogen) atoms. The first-order valence-electron chi connectivity index (χ1n) is 7.73. The summed E-state index contributed by atoms with van der Waals surface area (Å²) >= 11 is 9.26. The van der Waals surface area contributed by atoms with E-state index in [1.165, 1.54) is 12.1 Å². The van der Waals surface area contributed by atoms with Gasteiger partial charge in [0.1, 0.15) is 0 Å². The number of anilines is 1. The fourth-order valence-corrected chi connectivity index (χ4v) is 4.09. The molecule has 0 aliphatic carbocycles. The summed E-state index contributed by atoms with van der Waals surface area (Å²) in [4.78, 5) is 28.0. The van der Waals surface area contributed by atoms with Gasteiger partial charge in [0.2, 0.25) is 5.91 Å². The number of carbonyl (C=O) groups excluding carboxylic acids is 2. The molecule has 2 heterocycles. The second-order valence-electron chi connectivity index (χ2n) is 5.50. The molecule has 0 aliphatic rings. The number of nitrogens with zero attached hydrogens (tertiary/aromatic N) is 1. The van der Waals surface area contributed by atoms with Gasteiger partial charge in [-0.25, -0.2) is 4.79 Å². The van der Waals surface area contributed by atoms with E-state index in [4.69, 9.17) is 17.3 Å². The van der Waals surface area contributed by atoms with Gasteiger partial charge in [0.15, 0.2) is 0 Å². The molecule has 0 atom stereocenters. The van der Waals surface area contributed by atoms with Gasteiger partial charge in [0.05, 0.1) is 23.7 Å². The summed E-state index contributed by atoms with van der Waals surface area (Å²) < 4.78 is 0. The molecule has 3 rings (SSSR count). The molecule has 0 fully saturated rings. The van der Waals surface area contributed by atoms with Crippen LogP contribution in [0.1, 0.15) is 20.1 Å². The van der Waals surface area contributed by atoms with Crippen LogP contribution >= 0.6 is 34.3 Å². The number of primary amides is 1. The van der Waals surface area contributed by atoms with E-state index in [0.29, 0.717) is 18.8 Å². The van der Waals surface area contributed by atoms with Crippen LogP contribution < -0.4 is 11.1 Å². The predicted octanol–water partition coefficient (Wildman–Crippen LogP) is 4.80. The Labute approximate surface area is 164 Å². The zero-order chi connectivity index (χ0) is 18.5. The standard InChI is InChI=1S/C18H16ClN3O2S2/c19-16-9-12(5-6-15(16)17(20)23)21-18(24)22(10-13-3-1-7-25-13)11-14-4-2-8-26-14/h1-9H,10-11H2,(H2,20,23)(H,21,24). The van der Waals surface area contributed by atoms with Gasteiger partial charge in [-0.15, -0.1) is 22.7 Å². The minimum absolute atomic E-state index is 0.207. The van der Waals surface area contributed by atoms with Gasteiger partial charge < -0.3 is 16.0 Å². The zero-order valence-corrected chi connectivity index (χ0v) is 16.0. The first-order valence-corrected chi connectivity index (χ1v) is 9.86. The predicted molar refractivity (Wildman–Crippen MR) is 107 cm³/mol. The third kappa shape index (κ3) is 4.63. The first-order chi connectivity index (χ1) is 12.5. The molecule has 134 valence electrons. The largest absolute Gasteiger partial charge is 0.366 e. The molecule has 0 radical (unpaired) electrons. The Kier molecular flexibility index (Phi) is 5.92. The smallest absolute Gasteiger partial charge is 0.322 e. The van der Waals surface area contributed by atoms with Crippen molar-refractivity contribution in [3.63, 3.8) is 0 Å². The van der Waals surface area contributed by atoms with Gasteiger partial charge >= 0.3 is 6.03 Å². The molecule has 0 aliphatic heterocycles. The Morgan fingerprint density at radius 1 is 1.04 bits per heavy atom. The van der Waals surface area contributed by atoms with Crippen LogP contribution in [-0.2, 0) is 13.1 Å². The minimum atomic E-state index is -0.607. The van der Waals surface area contributed by atoms with E-state index in [1.807, 2.05) is 35.0 Å². The van der Waals surface area contributed by atoms with Crippen LogP contribution in [-0.4, -0.2) is 16.8 Å². The number of hydrogen-bond acceptors (Lipinski definition) is 4. The molecule has 0 unspecified atom stereocenters. The van der Waals surface area contributed by atoms with Crippen molar-refractivity contribution >= 4 is 51.9 Å². The van der Waals surface area contributed by atoms with Crippen molar-refractivity contribution < 1.29 is 9.59 Å². The molecule has 0 saturated heterocycles. The number of thiophene rings is 2.